The molecule has 3 heteroatoms. The fraction of sp³-hybridized carbons (Fsp3) is 0. The van der Waals surface area contributed by atoms with Crippen LogP contribution >= 0.6 is 0 Å². The van der Waals surface area contributed by atoms with Crippen LogP contribution in [0.1, 0.15) is 0 Å². The van der Waals surface area contributed by atoms with Gasteiger partial charge in [0.2, 0.25) is 0 Å². The molecule has 10 aromatic rings. The molecule has 0 unspecified atom stereocenters. The van der Waals surface area contributed by atoms with E-state index in [1.807, 2.05) is 12.1 Å². The van der Waals surface area contributed by atoms with E-state index in [0.29, 0.717) is 0 Å². The Labute approximate surface area is 333 Å². The number of nitrogens with two attached hydrogens (primary N) is 1. The molecular weight excluding hydrogens is 691 g/mol. The molecule has 0 fully saturated rings. The van der Waals surface area contributed by atoms with Crippen LogP contribution in [0.3, 0.4) is 0 Å². The molecule has 9 aromatic carbocycles. The first-order valence-electron chi connectivity index (χ1n) is 19.4. The monoisotopic (exact) mass is 729 g/mol. The maximum absolute atomic E-state index is 5.98. The van der Waals surface area contributed by atoms with E-state index in [9.17, 15) is 0 Å². The number of nitrogen functional groups attached to an aromatic ring is 1. The van der Waals surface area contributed by atoms with Crippen molar-refractivity contribution < 1.29 is 0 Å². The van der Waals surface area contributed by atoms with E-state index >= 15 is 0 Å². The minimum atomic E-state index is 0.764. The molecule has 0 bridgehead atoms. The molecule has 1 aromatic heterocycles. The van der Waals surface area contributed by atoms with Gasteiger partial charge in [0, 0.05) is 39.2 Å². The highest BCUT2D eigenvalue weighted by atomic mass is 15.1. The van der Waals surface area contributed by atoms with Crippen molar-refractivity contribution in [2.45, 2.75) is 0 Å². The van der Waals surface area contributed by atoms with E-state index in [2.05, 4.69) is 222 Å². The average Bonchev–Trinajstić information content (AvgIpc) is 3.62. The number of anilines is 4. The fourth-order valence-corrected chi connectivity index (χ4v) is 8.02. The molecule has 0 aliphatic rings. The van der Waals surface area contributed by atoms with Crippen LogP contribution in [0, 0.1) is 0 Å². The van der Waals surface area contributed by atoms with Crippen LogP contribution in [0.15, 0.2) is 224 Å². The summed E-state index contributed by atoms with van der Waals surface area (Å²) in [4.78, 5) is 2.32. The van der Waals surface area contributed by atoms with Crippen LogP contribution in [0.25, 0.3) is 72.0 Å². The Morgan fingerprint density at radius 3 is 0.982 bits per heavy atom. The second kappa shape index (κ2) is 14.6. The Morgan fingerprint density at radius 2 is 0.579 bits per heavy atom. The number of aromatic nitrogens is 1. The summed E-state index contributed by atoms with van der Waals surface area (Å²) in [6.45, 7) is 0. The summed E-state index contributed by atoms with van der Waals surface area (Å²) in [6, 6.07) is 80.1. The first-order chi connectivity index (χ1) is 28.2. The number of para-hydroxylation sites is 2. The molecule has 0 saturated heterocycles. The maximum Gasteiger partial charge on any atom is 0.0541 e. The van der Waals surface area contributed by atoms with Gasteiger partial charge in [-0.2, -0.15) is 0 Å². The predicted octanol–water partition coefficient (Wildman–Crippen LogP) is 14.5. The van der Waals surface area contributed by atoms with Gasteiger partial charge in [0.05, 0.1) is 11.0 Å². The zero-order valence-corrected chi connectivity index (χ0v) is 31.3. The van der Waals surface area contributed by atoms with Crippen LogP contribution in [0.5, 0.6) is 0 Å². The fourth-order valence-electron chi connectivity index (χ4n) is 8.02. The van der Waals surface area contributed by atoms with E-state index in [4.69, 9.17) is 5.73 Å². The van der Waals surface area contributed by atoms with Crippen molar-refractivity contribution in [2.75, 3.05) is 10.6 Å². The summed E-state index contributed by atoms with van der Waals surface area (Å²) in [5.74, 6) is 0. The van der Waals surface area contributed by atoms with E-state index < -0.39 is 0 Å². The molecule has 0 saturated carbocycles. The molecule has 0 aliphatic carbocycles. The van der Waals surface area contributed by atoms with Crippen molar-refractivity contribution in [3.8, 4) is 50.2 Å². The van der Waals surface area contributed by atoms with Crippen LogP contribution in [0.2, 0.25) is 0 Å². The maximum atomic E-state index is 5.98. The topological polar surface area (TPSA) is 34.2 Å². The first kappa shape index (κ1) is 33.9. The van der Waals surface area contributed by atoms with Gasteiger partial charge in [0.25, 0.3) is 0 Å². The zero-order valence-electron chi connectivity index (χ0n) is 31.3. The molecule has 0 amide bonds. The van der Waals surface area contributed by atoms with E-state index in [1.54, 1.807) is 0 Å². The molecule has 1 heterocycles. The van der Waals surface area contributed by atoms with Gasteiger partial charge in [-0.05, 0) is 117 Å². The standard InChI is InChI=1S/C54H39N3/c55-46-28-18-41(19-29-46)43-22-32-48(33-23-43)56(47-30-20-42(21-31-47)40-16-14-39(15-17-40)38-8-2-1-3-9-38)49-34-24-44(25-35-49)45-26-36-50(37-27-45)57-53-12-6-4-10-51(53)52-11-5-7-13-54(52)57/h1-37H,55H2. The summed E-state index contributed by atoms with van der Waals surface area (Å²) in [6.07, 6.45) is 0. The third-order valence-corrected chi connectivity index (χ3v) is 11.0. The summed E-state index contributed by atoms with van der Waals surface area (Å²) >= 11 is 0. The van der Waals surface area contributed by atoms with Gasteiger partial charge in [0.1, 0.15) is 0 Å². The highest BCUT2D eigenvalue weighted by Gasteiger charge is 2.15. The smallest absolute Gasteiger partial charge is 0.0541 e. The van der Waals surface area contributed by atoms with Crippen molar-refractivity contribution in [2.24, 2.45) is 0 Å². The lowest BCUT2D eigenvalue weighted by Crippen LogP contribution is -2.09. The molecule has 0 spiro atoms. The second-order valence-corrected chi connectivity index (χ2v) is 14.5. The van der Waals surface area contributed by atoms with Crippen molar-refractivity contribution in [1.29, 1.82) is 0 Å². The van der Waals surface area contributed by atoms with Crippen LogP contribution in [0.4, 0.5) is 22.7 Å². The molecule has 270 valence electrons. The molecular formula is C54H39N3. The first-order valence-corrected chi connectivity index (χ1v) is 19.4. The lowest BCUT2D eigenvalue weighted by Gasteiger charge is -2.26. The van der Waals surface area contributed by atoms with Gasteiger partial charge < -0.3 is 15.2 Å². The van der Waals surface area contributed by atoms with Crippen LogP contribution in [-0.4, -0.2) is 4.57 Å². The third kappa shape index (κ3) is 6.52. The van der Waals surface area contributed by atoms with Crippen molar-refractivity contribution in [3.63, 3.8) is 0 Å². The Bertz CT molecular complexity index is 2890. The Kier molecular flexibility index (Phi) is 8.66. The number of rotatable bonds is 8. The van der Waals surface area contributed by atoms with Gasteiger partial charge in [-0.25, -0.2) is 0 Å². The molecule has 0 atom stereocenters. The molecule has 3 nitrogen and oxygen atoms in total. The molecule has 2 N–H and O–H groups in total. The summed E-state index contributed by atoms with van der Waals surface area (Å²) in [5, 5.41) is 2.54. The van der Waals surface area contributed by atoms with Gasteiger partial charge >= 0.3 is 0 Å². The Morgan fingerprint density at radius 1 is 0.281 bits per heavy atom. The average molecular weight is 730 g/mol. The Hall–Kier alpha value is -7.62. The number of nitrogens with zero attached hydrogens (tertiary/aromatic N) is 2. The molecule has 57 heavy (non-hydrogen) atoms. The minimum Gasteiger partial charge on any atom is -0.399 e. The SMILES string of the molecule is Nc1ccc(-c2ccc(N(c3ccc(-c4ccc(-c5ccccc5)cc4)cc3)c3ccc(-c4ccc(-n5c6ccccc6c6ccccc65)cc4)cc3)cc2)cc1. The van der Waals surface area contributed by atoms with Gasteiger partial charge in [-0.3, -0.25) is 0 Å². The lowest BCUT2D eigenvalue weighted by molar-refractivity contribution is 1.18. The van der Waals surface area contributed by atoms with Gasteiger partial charge in [0.15, 0.2) is 0 Å². The molecule has 0 aliphatic heterocycles. The van der Waals surface area contributed by atoms with E-state index in [0.717, 1.165) is 39.6 Å². The van der Waals surface area contributed by atoms with E-state index in [-0.39, 0.29) is 0 Å². The van der Waals surface area contributed by atoms with Gasteiger partial charge in [-0.1, -0.05) is 152 Å². The molecule has 0 radical (unpaired) electrons. The predicted molar refractivity (Wildman–Crippen MR) is 242 cm³/mol. The largest absolute Gasteiger partial charge is 0.399 e. The van der Waals surface area contributed by atoms with Crippen molar-refractivity contribution in [1.82, 2.24) is 4.57 Å². The lowest BCUT2D eigenvalue weighted by atomic mass is 10.00. The molecule has 10 rings (SSSR count). The number of hydrogen-bond donors (Lipinski definition) is 1. The van der Waals surface area contributed by atoms with Crippen molar-refractivity contribution >= 4 is 44.6 Å². The zero-order chi connectivity index (χ0) is 38.1. The minimum absolute atomic E-state index is 0.764. The number of benzene rings is 9. The van der Waals surface area contributed by atoms with Crippen molar-refractivity contribution in [3.05, 3.63) is 224 Å². The summed E-state index contributed by atoms with van der Waals surface area (Å²) in [5.41, 5.74) is 23.0. The van der Waals surface area contributed by atoms with E-state index in [1.165, 1.54) is 55.2 Å². The van der Waals surface area contributed by atoms with Crippen LogP contribution in [-0.2, 0) is 0 Å². The van der Waals surface area contributed by atoms with Gasteiger partial charge in [-0.15, -0.1) is 0 Å². The quantitative estimate of drug-likeness (QED) is 0.158. The highest BCUT2D eigenvalue weighted by Crippen LogP contribution is 2.39. The number of fused-ring (bicyclic) bond motifs is 3. The number of hydrogen-bond acceptors (Lipinski definition) is 2. The van der Waals surface area contributed by atoms with Crippen LogP contribution < -0.4 is 10.6 Å². The second-order valence-electron chi connectivity index (χ2n) is 14.5. The summed E-state index contributed by atoms with van der Waals surface area (Å²) in [7, 11) is 0. The summed E-state index contributed by atoms with van der Waals surface area (Å²) < 4.78 is 2.36. The Balaban J connectivity index is 0.968. The third-order valence-electron chi connectivity index (χ3n) is 11.0. The highest BCUT2D eigenvalue weighted by molar-refractivity contribution is 6.09. The normalized spacial score (nSPS) is 11.2.